The van der Waals surface area contributed by atoms with E-state index in [0.29, 0.717) is 12.4 Å². The molecule has 1 aliphatic heterocycles. The summed E-state index contributed by atoms with van der Waals surface area (Å²) in [4.78, 5) is 15.7. The van der Waals surface area contributed by atoms with Gasteiger partial charge in [0.2, 0.25) is 0 Å². The van der Waals surface area contributed by atoms with E-state index >= 15 is 0 Å². The average Bonchev–Trinajstić information content (AvgIpc) is 2.81. The van der Waals surface area contributed by atoms with Crippen molar-refractivity contribution >= 4 is 28.9 Å². The first-order chi connectivity index (χ1) is 8.84. The van der Waals surface area contributed by atoms with Crippen molar-refractivity contribution in [2.75, 3.05) is 41.4 Å². The molecule has 118 valence electrons. The number of carboxylic acid groups (broad SMARTS) is 1. The molecule has 0 fully saturated rings. The Hall–Kier alpha value is -1.44. The second-order valence-electron chi connectivity index (χ2n) is 4.60. The minimum atomic E-state index is -0.721. The third-order valence-corrected chi connectivity index (χ3v) is 2.38. The zero-order valence-corrected chi connectivity index (χ0v) is 14.3. The van der Waals surface area contributed by atoms with Crippen LogP contribution in [0, 0.1) is 5.41 Å². The van der Waals surface area contributed by atoms with E-state index in [9.17, 15) is 4.79 Å². The fraction of sp³-hybridized carbons (Fsp3) is 0.667. The quantitative estimate of drug-likeness (QED) is 0.513. The molecule has 0 spiro atoms. The van der Waals surface area contributed by atoms with Crippen LogP contribution in [-0.4, -0.2) is 73.1 Å². The van der Waals surface area contributed by atoms with Gasteiger partial charge in [-0.2, -0.15) is 0 Å². The largest absolute Gasteiger partial charge is 0.481 e. The van der Waals surface area contributed by atoms with Crippen LogP contribution in [0.3, 0.4) is 0 Å². The van der Waals surface area contributed by atoms with E-state index in [1.165, 1.54) is 0 Å². The van der Waals surface area contributed by atoms with Gasteiger partial charge >= 0.3 is 5.97 Å². The number of rotatable bonds is 4. The fourth-order valence-electron chi connectivity index (χ4n) is 1.37. The standard InChI is InChI=1S/C7H12N2O2.C5H13N3.BrH/c10-7(11)2-1-4-9-5-3-8-6-9;1-7(2)5(6)8(3)4;/h3,5,8H,1-2,4,6H2,(H,10,11);6H,1-4H3;1H. The molecule has 1 aliphatic rings. The third-order valence-electron chi connectivity index (χ3n) is 2.38. The smallest absolute Gasteiger partial charge is 0.303 e. The zero-order chi connectivity index (χ0) is 14.8. The molecule has 1 heterocycles. The van der Waals surface area contributed by atoms with Gasteiger partial charge in [0, 0.05) is 53.6 Å². The first-order valence-electron chi connectivity index (χ1n) is 6.13. The van der Waals surface area contributed by atoms with E-state index in [4.69, 9.17) is 10.5 Å². The summed E-state index contributed by atoms with van der Waals surface area (Å²) in [5, 5.41) is 18.6. The first kappa shape index (κ1) is 20.9. The van der Waals surface area contributed by atoms with Crippen LogP contribution in [0.25, 0.3) is 0 Å². The molecule has 0 aromatic heterocycles. The van der Waals surface area contributed by atoms with Crippen molar-refractivity contribution in [3.63, 3.8) is 0 Å². The molecule has 8 heteroatoms. The predicted molar refractivity (Wildman–Crippen MR) is 86.1 cm³/mol. The predicted octanol–water partition coefficient (Wildman–Crippen LogP) is 0.807. The Morgan fingerprint density at radius 3 is 2.20 bits per heavy atom. The second-order valence-corrected chi connectivity index (χ2v) is 4.60. The molecule has 0 atom stereocenters. The number of hydrogen-bond donors (Lipinski definition) is 3. The number of guanidine groups is 1. The Balaban J connectivity index is 0. The molecular formula is C12H26BrN5O2. The van der Waals surface area contributed by atoms with Gasteiger partial charge in [-0.25, -0.2) is 0 Å². The summed E-state index contributed by atoms with van der Waals surface area (Å²) in [6.07, 6.45) is 4.76. The SMILES string of the molecule is Br.CN(C)C(=N)N(C)C.O=C(O)CCCN1C=CNC1. The van der Waals surface area contributed by atoms with Crippen LogP contribution in [0.4, 0.5) is 0 Å². The molecule has 0 radical (unpaired) electrons. The van der Waals surface area contributed by atoms with E-state index in [1.807, 2.05) is 45.5 Å². The Morgan fingerprint density at radius 1 is 1.35 bits per heavy atom. The van der Waals surface area contributed by atoms with Gasteiger partial charge in [-0.1, -0.05) is 0 Å². The van der Waals surface area contributed by atoms with E-state index in [-0.39, 0.29) is 23.4 Å². The summed E-state index contributed by atoms with van der Waals surface area (Å²) < 4.78 is 0. The highest BCUT2D eigenvalue weighted by Crippen LogP contribution is 1.98. The number of carbonyl (C=O) groups is 1. The lowest BCUT2D eigenvalue weighted by molar-refractivity contribution is -0.137. The maximum Gasteiger partial charge on any atom is 0.303 e. The van der Waals surface area contributed by atoms with Crippen molar-refractivity contribution in [2.45, 2.75) is 12.8 Å². The van der Waals surface area contributed by atoms with Crippen LogP contribution in [0.5, 0.6) is 0 Å². The number of aliphatic carboxylic acids is 1. The maximum atomic E-state index is 10.1. The first-order valence-corrected chi connectivity index (χ1v) is 6.13. The van der Waals surface area contributed by atoms with Gasteiger partial charge in [-0.05, 0) is 6.42 Å². The van der Waals surface area contributed by atoms with Crippen LogP contribution >= 0.6 is 17.0 Å². The molecule has 0 unspecified atom stereocenters. The average molecular weight is 352 g/mol. The van der Waals surface area contributed by atoms with E-state index in [1.54, 1.807) is 9.80 Å². The molecule has 0 saturated carbocycles. The van der Waals surface area contributed by atoms with Gasteiger partial charge in [0.1, 0.15) is 0 Å². The van der Waals surface area contributed by atoms with Crippen LogP contribution in [0.1, 0.15) is 12.8 Å². The normalized spacial score (nSPS) is 11.7. The monoisotopic (exact) mass is 351 g/mol. The van der Waals surface area contributed by atoms with E-state index < -0.39 is 5.97 Å². The molecule has 0 aliphatic carbocycles. The van der Waals surface area contributed by atoms with E-state index in [2.05, 4.69) is 5.32 Å². The Kier molecular flexibility index (Phi) is 11.9. The van der Waals surface area contributed by atoms with Gasteiger partial charge in [0.25, 0.3) is 0 Å². The molecule has 0 amide bonds. The number of halogens is 1. The summed E-state index contributed by atoms with van der Waals surface area (Å²) in [6.45, 7) is 1.62. The molecule has 0 aromatic rings. The lowest BCUT2D eigenvalue weighted by Gasteiger charge is -2.19. The van der Waals surface area contributed by atoms with E-state index in [0.717, 1.165) is 13.2 Å². The Labute approximate surface area is 131 Å². The van der Waals surface area contributed by atoms with Crippen LogP contribution in [0.2, 0.25) is 0 Å². The fourth-order valence-corrected chi connectivity index (χ4v) is 1.37. The van der Waals surface area contributed by atoms with Crippen molar-refractivity contribution in [2.24, 2.45) is 0 Å². The topological polar surface area (TPSA) is 82.9 Å². The third kappa shape index (κ3) is 10.5. The highest BCUT2D eigenvalue weighted by Gasteiger charge is 2.03. The van der Waals surface area contributed by atoms with Gasteiger partial charge in [0.15, 0.2) is 5.96 Å². The molecule has 7 nitrogen and oxygen atoms in total. The molecule has 3 N–H and O–H groups in total. The van der Waals surface area contributed by atoms with Crippen LogP contribution in [-0.2, 0) is 4.79 Å². The summed E-state index contributed by atoms with van der Waals surface area (Å²) in [6, 6.07) is 0. The van der Waals surface area contributed by atoms with Crippen molar-refractivity contribution < 1.29 is 9.90 Å². The van der Waals surface area contributed by atoms with Crippen LogP contribution in [0.15, 0.2) is 12.4 Å². The second kappa shape index (κ2) is 11.4. The number of nitrogens with one attached hydrogen (secondary N) is 2. The van der Waals surface area contributed by atoms with Crippen molar-refractivity contribution in [1.29, 1.82) is 5.41 Å². The van der Waals surface area contributed by atoms with Gasteiger partial charge in [-0.3, -0.25) is 10.2 Å². The molecular weight excluding hydrogens is 326 g/mol. The summed E-state index contributed by atoms with van der Waals surface area (Å²) in [7, 11) is 7.40. The maximum absolute atomic E-state index is 10.1. The molecule has 20 heavy (non-hydrogen) atoms. The molecule has 1 rings (SSSR count). The molecule has 0 bridgehead atoms. The van der Waals surface area contributed by atoms with Crippen LogP contribution < -0.4 is 5.32 Å². The number of carboxylic acids is 1. The van der Waals surface area contributed by atoms with Gasteiger partial charge < -0.3 is 25.1 Å². The minimum absolute atomic E-state index is 0. The zero-order valence-electron chi connectivity index (χ0n) is 12.6. The lowest BCUT2D eigenvalue weighted by atomic mass is 10.3. The highest BCUT2D eigenvalue weighted by atomic mass is 79.9. The number of hydrogen-bond acceptors (Lipinski definition) is 4. The van der Waals surface area contributed by atoms with Crippen molar-refractivity contribution in [3.8, 4) is 0 Å². The van der Waals surface area contributed by atoms with Gasteiger partial charge in [0.05, 0.1) is 6.67 Å². The summed E-state index contributed by atoms with van der Waals surface area (Å²) in [5.41, 5.74) is 0. The summed E-state index contributed by atoms with van der Waals surface area (Å²) in [5.74, 6) is -0.203. The number of nitrogens with zero attached hydrogens (tertiary/aromatic N) is 3. The molecule has 0 saturated heterocycles. The van der Waals surface area contributed by atoms with Crippen molar-refractivity contribution in [3.05, 3.63) is 12.4 Å². The Morgan fingerprint density at radius 2 is 1.90 bits per heavy atom. The van der Waals surface area contributed by atoms with Crippen molar-refractivity contribution in [1.82, 2.24) is 20.0 Å². The van der Waals surface area contributed by atoms with Gasteiger partial charge in [-0.15, -0.1) is 17.0 Å². The Bertz CT molecular complexity index is 311. The molecule has 0 aromatic carbocycles. The summed E-state index contributed by atoms with van der Waals surface area (Å²) >= 11 is 0. The lowest BCUT2D eigenvalue weighted by Crippen LogP contribution is -2.34. The minimum Gasteiger partial charge on any atom is -0.481 e. The highest BCUT2D eigenvalue weighted by molar-refractivity contribution is 8.93.